The normalized spacial score (nSPS) is 23.5. The molecule has 2 aromatic rings. The Bertz CT molecular complexity index is 784. The Morgan fingerprint density at radius 1 is 1.38 bits per heavy atom. The average Bonchev–Trinajstić information content (AvgIpc) is 2.91. The second kappa shape index (κ2) is 7.77. The van der Waals surface area contributed by atoms with Crippen molar-refractivity contribution in [1.29, 1.82) is 0 Å². The topological polar surface area (TPSA) is 44.1 Å². The molecule has 3 rings (SSSR count). The summed E-state index contributed by atoms with van der Waals surface area (Å²) in [7, 11) is 0. The molecule has 1 saturated carbocycles. The number of rotatable bonds is 5. The molecule has 0 spiro atoms. The van der Waals surface area contributed by atoms with Crippen molar-refractivity contribution in [2.24, 2.45) is 17.8 Å². The van der Waals surface area contributed by atoms with Crippen LogP contribution in [0.25, 0.3) is 11.0 Å². The lowest BCUT2D eigenvalue weighted by atomic mass is 9.75. The molecule has 1 fully saturated rings. The van der Waals surface area contributed by atoms with E-state index in [0.29, 0.717) is 29.7 Å². The van der Waals surface area contributed by atoms with Gasteiger partial charge in [-0.15, -0.1) is 0 Å². The van der Waals surface area contributed by atoms with Crippen molar-refractivity contribution in [3.8, 4) is 0 Å². The van der Waals surface area contributed by atoms with Crippen LogP contribution in [-0.4, -0.2) is 21.6 Å². The van der Waals surface area contributed by atoms with Crippen molar-refractivity contribution in [3.63, 3.8) is 0 Å². The second-order valence-electron chi connectivity index (χ2n) is 7.96. The van der Waals surface area contributed by atoms with Crippen LogP contribution in [-0.2, 0) is 22.5 Å². The lowest BCUT2D eigenvalue weighted by Gasteiger charge is -2.36. The van der Waals surface area contributed by atoms with E-state index in [1.54, 1.807) is 6.07 Å². The molecule has 0 aliphatic heterocycles. The van der Waals surface area contributed by atoms with E-state index in [1.807, 2.05) is 11.5 Å². The molecule has 0 amide bonds. The molecule has 1 aromatic heterocycles. The molecule has 0 radical (unpaired) electrons. The SMILES string of the molecule is CCc1nc2cc(F)ccc2n1CC(=O)O[C@@H]1CC(C)CCC1C(C)C. The first-order chi connectivity index (χ1) is 12.4. The maximum Gasteiger partial charge on any atom is 0.326 e. The van der Waals surface area contributed by atoms with Gasteiger partial charge in [0.05, 0.1) is 11.0 Å². The van der Waals surface area contributed by atoms with Crippen LogP contribution >= 0.6 is 0 Å². The minimum Gasteiger partial charge on any atom is -0.461 e. The summed E-state index contributed by atoms with van der Waals surface area (Å²) in [5.74, 6) is 1.75. The minimum absolute atomic E-state index is 0.0106. The van der Waals surface area contributed by atoms with Gasteiger partial charge in [0.15, 0.2) is 0 Å². The van der Waals surface area contributed by atoms with E-state index in [-0.39, 0.29) is 24.4 Å². The Labute approximate surface area is 154 Å². The molecule has 5 heteroatoms. The highest BCUT2D eigenvalue weighted by molar-refractivity contribution is 5.79. The van der Waals surface area contributed by atoms with E-state index < -0.39 is 0 Å². The maximum atomic E-state index is 13.5. The van der Waals surface area contributed by atoms with Gasteiger partial charge in [-0.25, -0.2) is 9.37 Å². The highest BCUT2D eigenvalue weighted by Gasteiger charge is 2.33. The van der Waals surface area contributed by atoms with Crippen molar-refractivity contribution < 1.29 is 13.9 Å². The molecule has 0 N–H and O–H groups in total. The molecular formula is C21H29FN2O2. The molecule has 1 heterocycles. The van der Waals surface area contributed by atoms with Crippen molar-refractivity contribution in [2.75, 3.05) is 0 Å². The monoisotopic (exact) mass is 360 g/mol. The van der Waals surface area contributed by atoms with Gasteiger partial charge >= 0.3 is 5.97 Å². The fraction of sp³-hybridized carbons (Fsp3) is 0.619. The van der Waals surface area contributed by atoms with E-state index in [4.69, 9.17) is 4.74 Å². The first kappa shape index (κ1) is 18.9. The first-order valence-corrected chi connectivity index (χ1v) is 9.73. The molecule has 4 nitrogen and oxygen atoms in total. The molecular weight excluding hydrogens is 331 g/mol. The molecule has 1 aliphatic rings. The number of carbonyl (C=O) groups excluding carboxylic acids is 1. The summed E-state index contributed by atoms with van der Waals surface area (Å²) in [5.41, 5.74) is 1.36. The zero-order valence-electron chi connectivity index (χ0n) is 16.2. The van der Waals surface area contributed by atoms with E-state index in [0.717, 1.165) is 24.2 Å². The number of halogens is 1. The lowest BCUT2D eigenvalue weighted by Crippen LogP contribution is -2.36. The van der Waals surface area contributed by atoms with Crippen LogP contribution in [0.15, 0.2) is 18.2 Å². The molecule has 0 saturated heterocycles. The summed E-state index contributed by atoms with van der Waals surface area (Å²) in [6.07, 6.45) is 3.92. The summed E-state index contributed by atoms with van der Waals surface area (Å²) in [6.45, 7) is 8.74. The van der Waals surface area contributed by atoms with E-state index in [9.17, 15) is 9.18 Å². The van der Waals surface area contributed by atoms with E-state index >= 15 is 0 Å². The van der Waals surface area contributed by atoms with Gasteiger partial charge in [-0.3, -0.25) is 4.79 Å². The predicted molar refractivity (Wildman–Crippen MR) is 100 cm³/mol. The zero-order valence-corrected chi connectivity index (χ0v) is 16.2. The molecule has 26 heavy (non-hydrogen) atoms. The van der Waals surface area contributed by atoms with Gasteiger partial charge in [0.1, 0.15) is 24.3 Å². The van der Waals surface area contributed by atoms with Crippen LogP contribution in [0, 0.1) is 23.6 Å². The lowest BCUT2D eigenvalue weighted by molar-refractivity contribution is -0.156. The fourth-order valence-electron chi connectivity index (χ4n) is 4.18. The Balaban J connectivity index is 1.78. The summed E-state index contributed by atoms with van der Waals surface area (Å²) in [4.78, 5) is 17.1. The molecule has 142 valence electrons. The van der Waals surface area contributed by atoms with Gasteiger partial charge in [0.25, 0.3) is 0 Å². The summed E-state index contributed by atoms with van der Waals surface area (Å²) in [5, 5.41) is 0. The zero-order chi connectivity index (χ0) is 18.8. The number of esters is 1. The number of benzene rings is 1. The molecule has 1 aromatic carbocycles. The molecule has 3 atom stereocenters. The Morgan fingerprint density at radius 2 is 2.15 bits per heavy atom. The number of carbonyl (C=O) groups is 1. The van der Waals surface area contributed by atoms with Crippen molar-refractivity contribution >= 4 is 17.0 Å². The Kier molecular flexibility index (Phi) is 5.64. The molecule has 0 bridgehead atoms. The first-order valence-electron chi connectivity index (χ1n) is 9.73. The minimum atomic E-state index is -0.316. The van der Waals surface area contributed by atoms with Crippen LogP contribution in [0.5, 0.6) is 0 Å². The number of fused-ring (bicyclic) bond motifs is 1. The predicted octanol–water partition coefficient (Wildman–Crippen LogP) is 4.74. The summed E-state index contributed by atoms with van der Waals surface area (Å²) in [6, 6.07) is 4.50. The molecule has 1 aliphatic carbocycles. The third kappa shape index (κ3) is 3.92. The third-order valence-electron chi connectivity index (χ3n) is 5.64. The number of aromatic nitrogens is 2. The van der Waals surface area contributed by atoms with Crippen LogP contribution in [0.1, 0.15) is 52.8 Å². The number of hydrogen-bond donors (Lipinski definition) is 0. The van der Waals surface area contributed by atoms with Crippen molar-refractivity contribution in [1.82, 2.24) is 9.55 Å². The van der Waals surface area contributed by atoms with Gasteiger partial charge in [0.2, 0.25) is 0 Å². The van der Waals surface area contributed by atoms with Gasteiger partial charge in [-0.05, 0) is 42.7 Å². The number of hydrogen-bond acceptors (Lipinski definition) is 3. The summed E-state index contributed by atoms with van der Waals surface area (Å²) >= 11 is 0. The van der Waals surface area contributed by atoms with Gasteiger partial charge in [0, 0.05) is 12.5 Å². The Morgan fingerprint density at radius 3 is 2.85 bits per heavy atom. The fourth-order valence-corrected chi connectivity index (χ4v) is 4.18. The number of imidazole rings is 1. The largest absolute Gasteiger partial charge is 0.461 e. The average molecular weight is 360 g/mol. The third-order valence-corrected chi connectivity index (χ3v) is 5.64. The van der Waals surface area contributed by atoms with Crippen molar-refractivity contribution in [3.05, 3.63) is 29.8 Å². The quantitative estimate of drug-likeness (QED) is 0.723. The van der Waals surface area contributed by atoms with Gasteiger partial charge < -0.3 is 9.30 Å². The summed E-state index contributed by atoms with van der Waals surface area (Å²) < 4.78 is 21.2. The second-order valence-corrected chi connectivity index (χ2v) is 7.96. The Hall–Kier alpha value is -1.91. The van der Waals surface area contributed by atoms with Crippen LogP contribution in [0.3, 0.4) is 0 Å². The van der Waals surface area contributed by atoms with E-state index in [2.05, 4.69) is 25.8 Å². The highest BCUT2D eigenvalue weighted by atomic mass is 19.1. The van der Waals surface area contributed by atoms with E-state index in [1.165, 1.54) is 18.6 Å². The maximum absolute atomic E-state index is 13.5. The van der Waals surface area contributed by atoms with Crippen molar-refractivity contribution in [2.45, 2.75) is 66.0 Å². The standard InChI is InChI=1S/C21H29FN2O2/c1-5-20-23-17-11-15(22)7-9-18(17)24(20)12-21(25)26-19-10-14(4)6-8-16(19)13(2)3/h7,9,11,13-14,16,19H,5-6,8,10,12H2,1-4H3/t14?,16?,19-/m1/s1. The number of ether oxygens (including phenoxy) is 1. The van der Waals surface area contributed by atoms with Gasteiger partial charge in [-0.1, -0.05) is 34.1 Å². The van der Waals surface area contributed by atoms with Crippen LogP contribution in [0.4, 0.5) is 4.39 Å². The smallest absolute Gasteiger partial charge is 0.326 e. The van der Waals surface area contributed by atoms with Crippen LogP contribution < -0.4 is 0 Å². The number of nitrogens with zero attached hydrogens (tertiary/aromatic N) is 2. The molecule has 2 unspecified atom stereocenters. The number of aryl methyl sites for hydroxylation is 1. The van der Waals surface area contributed by atoms with Crippen LogP contribution in [0.2, 0.25) is 0 Å². The highest BCUT2D eigenvalue weighted by Crippen LogP contribution is 2.35. The van der Waals surface area contributed by atoms with Gasteiger partial charge in [-0.2, -0.15) is 0 Å².